The van der Waals surface area contributed by atoms with Crippen LogP contribution in [0, 0.1) is 6.92 Å². The lowest BCUT2D eigenvalue weighted by molar-refractivity contribution is 0.658. The highest BCUT2D eigenvalue weighted by Crippen LogP contribution is 2.29. The molecule has 0 radical (unpaired) electrons. The van der Waals surface area contributed by atoms with Gasteiger partial charge in [-0.3, -0.25) is 9.97 Å². The van der Waals surface area contributed by atoms with Crippen molar-refractivity contribution in [3.63, 3.8) is 0 Å². The lowest BCUT2D eigenvalue weighted by atomic mass is 10.2. The first-order valence-electron chi connectivity index (χ1n) is 5.13. The minimum absolute atomic E-state index is 0.322. The van der Waals surface area contributed by atoms with Crippen LogP contribution >= 0.6 is 11.3 Å². The van der Waals surface area contributed by atoms with Crippen LogP contribution in [0.4, 0.5) is 0 Å². The minimum Gasteiger partial charge on any atom is -0.312 e. The standard InChI is InChI=1S/C11H14N4S/c1-7(12-3)10-8(2)15-11(16-10)9-6-13-4-5-14-9/h4-7,12H,1-3H3. The summed E-state index contributed by atoms with van der Waals surface area (Å²) in [6.07, 6.45) is 5.10. The van der Waals surface area contributed by atoms with E-state index in [2.05, 4.69) is 27.2 Å². The normalized spacial score (nSPS) is 12.7. The maximum absolute atomic E-state index is 4.53. The van der Waals surface area contributed by atoms with E-state index in [0.717, 1.165) is 16.4 Å². The molecule has 0 saturated heterocycles. The van der Waals surface area contributed by atoms with E-state index in [9.17, 15) is 0 Å². The number of aromatic nitrogens is 3. The Morgan fingerprint density at radius 2 is 2.19 bits per heavy atom. The Balaban J connectivity index is 2.38. The number of hydrogen-bond donors (Lipinski definition) is 1. The second-order valence-electron chi connectivity index (χ2n) is 3.57. The predicted octanol–water partition coefficient (Wildman–Crippen LogP) is 2.19. The summed E-state index contributed by atoms with van der Waals surface area (Å²) in [6, 6.07) is 0.322. The number of rotatable bonds is 3. The van der Waals surface area contributed by atoms with Crippen LogP contribution in [0.25, 0.3) is 10.7 Å². The van der Waals surface area contributed by atoms with Crippen molar-refractivity contribution in [3.8, 4) is 10.7 Å². The summed E-state index contributed by atoms with van der Waals surface area (Å²) in [5, 5.41) is 4.15. The molecule has 0 aliphatic heterocycles. The van der Waals surface area contributed by atoms with Crippen molar-refractivity contribution in [1.29, 1.82) is 0 Å². The van der Waals surface area contributed by atoms with Crippen molar-refractivity contribution in [2.45, 2.75) is 19.9 Å². The Bertz CT molecular complexity index is 466. The fraction of sp³-hybridized carbons (Fsp3) is 0.364. The summed E-state index contributed by atoms with van der Waals surface area (Å²) in [5.41, 5.74) is 1.90. The van der Waals surface area contributed by atoms with E-state index in [-0.39, 0.29) is 0 Å². The van der Waals surface area contributed by atoms with Crippen LogP contribution in [0.2, 0.25) is 0 Å². The maximum Gasteiger partial charge on any atom is 0.144 e. The molecule has 16 heavy (non-hydrogen) atoms. The number of aryl methyl sites for hydroxylation is 1. The average molecular weight is 234 g/mol. The molecule has 0 aromatic carbocycles. The molecular formula is C11H14N4S. The van der Waals surface area contributed by atoms with Gasteiger partial charge in [-0.2, -0.15) is 0 Å². The minimum atomic E-state index is 0.322. The Labute approximate surface area is 98.8 Å². The molecule has 2 rings (SSSR count). The zero-order valence-electron chi connectivity index (χ0n) is 9.56. The summed E-state index contributed by atoms with van der Waals surface area (Å²) < 4.78 is 0. The van der Waals surface area contributed by atoms with E-state index in [0.29, 0.717) is 6.04 Å². The fourth-order valence-corrected chi connectivity index (χ4v) is 2.55. The Hall–Kier alpha value is -1.33. The summed E-state index contributed by atoms with van der Waals surface area (Å²) in [4.78, 5) is 14.1. The highest BCUT2D eigenvalue weighted by Gasteiger charge is 2.14. The second-order valence-corrected chi connectivity index (χ2v) is 4.60. The molecule has 2 aromatic heterocycles. The number of nitrogens with one attached hydrogen (secondary N) is 1. The van der Waals surface area contributed by atoms with Crippen LogP contribution in [-0.4, -0.2) is 22.0 Å². The van der Waals surface area contributed by atoms with Gasteiger partial charge < -0.3 is 5.32 Å². The van der Waals surface area contributed by atoms with Gasteiger partial charge >= 0.3 is 0 Å². The van der Waals surface area contributed by atoms with Crippen LogP contribution in [0.1, 0.15) is 23.5 Å². The molecule has 1 unspecified atom stereocenters. The van der Waals surface area contributed by atoms with Crippen LogP contribution in [0.5, 0.6) is 0 Å². The monoisotopic (exact) mass is 234 g/mol. The molecular weight excluding hydrogens is 220 g/mol. The summed E-state index contributed by atoms with van der Waals surface area (Å²) in [7, 11) is 1.95. The van der Waals surface area contributed by atoms with Gasteiger partial charge in [-0.05, 0) is 20.9 Å². The molecule has 0 amide bonds. The average Bonchev–Trinajstić information content (AvgIpc) is 2.71. The number of thiazole rings is 1. The van der Waals surface area contributed by atoms with Crippen molar-refractivity contribution in [2.75, 3.05) is 7.05 Å². The van der Waals surface area contributed by atoms with Gasteiger partial charge in [0.2, 0.25) is 0 Å². The smallest absolute Gasteiger partial charge is 0.144 e. The molecule has 2 aromatic rings. The molecule has 0 bridgehead atoms. The molecule has 0 aliphatic rings. The third-order valence-corrected chi connectivity index (χ3v) is 3.80. The van der Waals surface area contributed by atoms with Gasteiger partial charge in [0, 0.05) is 23.3 Å². The van der Waals surface area contributed by atoms with E-state index in [1.54, 1.807) is 29.9 Å². The largest absolute Gasteiger partial charge is 0.312 e. The zero-order valence-corrected chi connectivity index (χ0v) is 10.4. The third-order valence-electron chi connectivity index (χ3n) is 2.44. The number of hydrogen-bond acceptors (Lipinski definition) is 5. The lowest BCUT2D eigenvalue weighted by Gasteiger charge is -2.06. The van der Waals surface area contributed by atoms with Gasteiger partial charge in [-0.1, -0.05) is 0 Å². The molecule has 0 spiro atoms. The van der Waals surface area contributed by atoms with E-state index in [4.69, 9.17) is 0 Å². The summed E-state index contributed by atoms with van der Waals surface area (Å²) in [6.45, 7) is 4.15. The predicted molar refractivity (Wildman–Crippen MR) is 65.4 cm³/mol. The van der Waals surface area contributed by atoms with Gasteiger partial charge in [0.1, 0.15) is 10.7 Å². The first kappa shape index (κ1) is 11.2. The highest BCUT2D eigenvalue weighted by molar-refractivity contribution is 7.15. The molecule has 0 saturated carbocycles. The molecule has 1 atom stereocenters. The summed E-state index contributed by atoms with van der Waals surface area (Å²) >= 11 is 1.67. The van der Waals surface area contributed by atoms with Crippen LogP contribution in [-0.2, 0) is 0 Å². The second kappa shape index (κ2) is 4.67. The number of nitrogens with zero attached hydrogens (tertiary/aromatic N) is 3. The quantitative estimate of drug-likeness (QED) is 0.884. The van der Waals surface area contributed by atoms with Gasteiger partial charge in [0.05, 0.1) is 11.9 Å². The lowest BCUT2D eigenvalue weighted by Crippen LogP contribution is -2.11. The van der Waals surface area contributed by atoms with Crippen molar-refractivity contribution >= 4 is 11.3 Å². The zero-order chi connectivity index (χ0) is 11.5. The van der Waals surface area contributed by atoms with E-state index < -0.39 is 0 Å². The maximum atomic E-state index is 4.53. The first-order valence-corrected chi connectivity index (χ1v) is 5.95. The van der Waals surface area contributed by atoms with E-state index in [1.807, 2.05) is 14.0 Å². The van der Waals surface area contributed by atoms with Crippen LogP contribution in [0.15, 0.2) is 18.6 Å². The van der Waals surface area contributed by atoms with Crippen LogP contribution in [0.3, 0.4) is 0 Å². The molecule has 84 valence electrons. The van der Waals surface area contributed by atoms with E-state index in [1.165, 1.54) is 4.88 Å². The first-order chi connectivity index (χ1) is 7.72. The van der Waals surface area contributed by atoms with E-state index >= 15 is 0 Å². The Morgan fingerprint density at radius 1 is 1.38 bits per heavy atom. The highest BCUT2D eigenvalue weighted by atomic mass is 32.1. The van der Waals surface area contributed by atoms with Gasteiger partial charge in [0.25, 0.3) is 0 Å². The van der Waals surface area contributed by atoms with Gasteiger partial charge in [-0.15, -0.1) is 11.3 Å². The summed E-state index contributed by atoms with van der Waals surface area (Å²) in [5.74, 6) is 0. The van der Waals surface area contributed by atoms with Crippen LogP contribution < -0.4 is 5.32 Å². The molecule has 0 aliphatic carbocycles. The SMILES string of the molecule is CNC(C)c1sc(-c2cnccn2)nc1C. The van der Waals surface area contributed by atoms with Gasteiger partial charge in [-0.25, -0.2) is 4.98 Å². The molecule has 4 nitrogen and oxygen atoms in total. The van der Waals surface area contributed by atoms with Crippen molar-refractivity contribution in [1.82, 2.24) is 20.3 Å². The van der Waals surface area contributed by atoms with Gasteiger partial charge in [0.15, 0.2) is 0 Å². The third kappa shape index (κ3) is 2.10. The molecule has 1 N–H and O–H groups in total. The van der Waals surface area contributed by atoms with Crippen molar-refractivity contribution < 1.29 is 0 Å². The van der Waals surface area contributed by atoms with Crippen molar-refractivity contribution in [2.24, 2.45) is 0 Å². The Morgan fingerprint density at radius 3 is 2.81 bits per heavy atom. The van der Waals surface area contributed by atoms with Crippen molar-refractivity contribution in [3.05, 3.63) is 29.2 Å². The Kier molecular flexibility index (Phi) is 3.26. The molecule has 0 fully saturated rings. The molecule has 2 heterocycles. The fourth-order valence-electron chi connectivity index (χ4n) is 1.46. The molecule has 5 heteroatoms. The topological polar surface area (TPSA) is 50.7 Å².